The lowest BCUT2D eigenvalue weighted by Gasteiger charge is -2.30. The van der Waals surface area contributed by atoms with Crippen LogP contribution >= 0.6 is 34.2 Å². The van der Waals surface area contributed by atoms with Gasteiger partial charge in [-0.2, -0.15) is 0 Å². The molecule has 6 nitrogen and oxygen atoms in total. The standard InChI is InChI=1S/C19H19ClIN5O/c1-25(11-27-17-4-2-3-15(22)18(17)20)9-13-8-23-19-14-7-12(21)5-6-16(14)24-10-26(13)19/h2-7,10,13H,8-9,11,22H2,1H3. The van der Waals surface area contributed by atoms with Gasteiger partial charge in [-0.1, -0.05) is 17.7 Å². The number of fused-ring (bicyclic) bond motifs is 3. The number of aliphatic imine (C=N–C) groups is 2. The minimum Gasteiger partial charge on any atom is -0.477 e. The van der Waals surface area contributed by atoms with Crippen LogP contribution in [0.3, 0.4) is 0 Å². The monoisotopic (exact) mass is 495 g/mol. The van der Waals surface area contributed by atoms with Gasteiger partial charge < -0.3 is 15.4 Å². The van der Waals surface area contributed by atoms with Crippen LogP contribution in [0.1, 0.15) is 5.56 Å². The highest BCUT2D eigenvalue weighted by molar-refractivity contribution is 14.1. The van der Waals surface area contributed by atoms with E-state index in [2.05, 4.69) is 49.5 Å². The van der Waals surface area contributed by atoms with Crippen LogP contribution in [-0.2, 0) is 0 Å². The first-order chi connectivity index (χ1) is 13.0. The van der Waals surface area contributed by atoms with Crippen molar-refractivity contribution in [3.63, 3.8) is 0 Å². The lowest BCUT2D eigenvalue weighted by atomic mass is 10.1. The van der Waals surface area contributed by atoms with Crippen LogP contribution in [0.15, 0.2) is 46.4 Å². The summed E-state index contributed by atoms with van der Waals surface area (Å²) in [4.78, 5) is 13.6. The minimum absolute atomic E-state index is 0.222. The lowest BCUT2D eigenvalue weighted by molar-refractivity contribution is 0.138. The van der Waals surface area contributed by atoms with Crippen LogP contribution in [0.25, 0.3) is 0 Å². The quantitative estimate of drug-likeness (QED) is 0.391. The molecule has 0 aromatic heterocycles. The van der Waals surface area contributed by atoms with Crippen molar-refractivity contribution in [3.8, 4) is 5.75 Å². The average Bonchev–Trinajstić information content (AvgIpc) is 3.06. The van der Waals surface area contributed by atoms with Crippen molar-refractivity contribution in [2.75, 3.05) is 32.6 Å². The number of nitrogens with two attached hydrogens (primary N) is 1. The molecule has 2 N–H and O–H groups in total. The third kappa shape index (κ3) is 3.76. The predicted octanol–water partition coefficient (Wildman–Crippen LogP) is 3.60. The van der Waals surface area contributed by atoms with Gasteiger partial charge >= 0.3 is 0 Å². The number of halogens is 2. The molecule has 0 bridgehead atoms. The number of ether oxygens (including phenoxy) is 1. The van der Waals surface area contributed by atoms with Gasteiger partial charge in [-0.3, -0.25) is 9.89 Å². The third-order valence-electron chi connectivity index (χ3n) is 4.57. The van der Waals surface area contributed by atoms with E-state index in [0.717, 1.165) is 30.2 Å². The Labute approximate surface area is 176 Å². The second kappa shape index (κ2) is 7.65. The van der Waals surface area contributed by atoms with Crippen molar-refractivity contribution < 1.29 is 4.74 Å². The van der Waals surface area contributed by atoms with Gasteiger partial charge in [0.25, 0.3) is 0 Å². The zero-order chi connectivity index (χ0) is 19.0. The Balaban J connectivity index is 1.39. The van der Waals surface area contributed by atoms with E-state index in [4.69, 9.17) is 27.1 Å². The summed E-state index contributed by atoms with van der Waals surface area (Å²) in [6.45, 7) is 1.93. The van der Waals surface area contributed by atoms with Gasteiger partial charge in [0, 0.05) is 15.7 Å². The van der Waals surface area contributed by atoms with Gasteiger partial charge in [0.15, 0.2) is 0 Å². The summed E-state index contributed by atoms with van der Waals surface area (Å²) in [5, 5.41) is 0.451. The molecule has 2 aliphatic heterocycles. The maximum atomic E-state index is 6.19. The highest BCUT2D eigenvalue weighted by Gasteiger charge is 2.32. The van der Waals surface area contributed by atoms with Crippen molar-refractivity contribution in [1.82, 2.24) is 9.80 Å². The molecule has 0 fully saturated rings. The number of hydrogen-bond acceptors (Lipinski definition) is 6. The number of likely N-dealkylation sites (N-methyl/N-ethyl adjacent to an activating group) is 1. The van der Waals surface area contributed by atoms with Crippen LogP contribution < -0.4 is 10.5 Å². The molecule has 0 aliphatic carbocycles. The molecule has 140 valence electrons. The molecule has 0 radical (unpaired) electrons. The molecule has 4 rings (SSSR count). The molecule has 2 aromatic rings. The number of amidine groups is 1. The summed E-state index contributed by atoms with van der Waals surface area (Å²) in [5.41, 5.74) is 8.40. The second-order valence-corrected chi connectivity index (χ2v) is 8.23. The Bertz CT molecular complexity index is 932. The fourth-order valence-electron chi connectivity index (χ4n) is 3.21. The SMILES string of the molecule is CN(COc1cccc(N)c1Cl)CC1CN=C2c3cc(I)ccc3N=CN21. The fourth-order valence-corrected chi connectivity index (χ4v) is 3.88. The molecule has 0 amide bonds. The van der Waals surface area contributed by atoms with Crippen LogP contribution in [0.5, 0.6) is 5.75 Å². The Morgan fingerprint density at radius 2 is 2.22 bits per heavy atom. The zero-order valence-electron chi connectivity index (χ0n) is 14.8. The molecular formula is C19H19ClIN5O. The molecule has 1 atom stereocenters. The largest absolute Gasteiger partial charge is 0.477 e. The number of anilines is 1. The summed E-state index contributed by atoms with van der Waals surface area (Å²) in [5.74, 6) is 1.59. The highest BCUT2D eigenvalue weighted by Crippen LogP contribution is 2.31. The molecule has 2 aliphatic rings. The van der Waals surface area contributed by atoms with E-state index in [1.807, 2.05) is 31.6 Å². The average molecular weight is 496 g/mol. The summed E-state index contributed by atoms with van der Waals surface area (Å²) in [7, 11) is 2.01. The van der Waals surface area contributed by atoms with Crippen molar-refractivity contribution >= 4 is 57.7 Å². The number of rotatable bonds is 5. The number of nitrogens with zero attached hydrogens (tertiary/aromatic N) is 4. The fraction of sp³-hybridized carbons (Fsp3) is 0.263. The molecule has 2 aromatic carbocycles. The van der Waals surface area contributed by atoms with Crippen LogP contribution in [-0.4, -0.2) is 54.9 Å². The number of hydrogen-bond donors (Lipinski definition) is 1. The van der Waals surface area contributed by atoms with Crippen LogP contribution in [0.2, 0.25) is 5.02 Å². The topological polar surface area (TPSA) is 66.5 Å². The van der Waals surface area contributed by atoms with Crippen molar-refractivity contribution in [3.05, 3.63) is 50.6 Å². The minimum atomic E-state index is 0.222. The van der Waals surface area contributed by atoms with Gasteiger partial charge in [0.1, 0.15) is 23.3 Å². The van der Waals surface area contributed by atoms with E-state index in [1.54, 1.807) is 6.07 Å². The van der Waals surface area contributed by atoms with Gasteiger partial charge in [-0.15, -0.1) is 0 Å². The first kappa shape index (κ1) is 18.5. The number of benzene rings is 2. The van der Waals surface area contributed by atoms with E-state index in [1.165, 1.54) is 3.57 Å². The molecule has 0 spiro atoms. The Kier molecular flexibility index (Phi) is 5.25. The van der Waals surface area contributed by atoms with E-state index in [0.29, 0.717) is 23.2 Å². The van der Waals surface area contributed by atoms with E-state index < -0.39 is 0 Å². The van der Waals surface area contributed by atoms with E-state index in [9.17, 15) is 0 Å². The van der Waals surface area contributed by atoms with Gasteiger partial charge in [-0.25, -0.2) is 4.99 Å². The second-order valence-electron chi connectivity index (χ2n) is 6.60. The molecule has 8 heteroatoms. The van der Waals surface area contributed by atoms with Crippen LogP contribution in [0.4, 0.5) is 11.4 Å². The maximum absolute atomic E-state index is 6.19. The molecular weight excluding hydrogens is 477 g/mol. The summed E-state index contributed by atoms with van der Waals surface area (Å²) >= 11 is 8.50. The Morgan fingerprint density at radius 1 is 1.37 bits per heavy atom. The first-order valence-corrected chi connectivity index (χ1v) is 10.0. The number of nitrogen functional groups attached to an aromatic ring is 1. The molecule has 1 unspecified atom stereocenters. The third-order valence-corrected chi connectivity index (χ3v) is 5.64. The highest BCUT2D eigenvalue weighted by atomic mass is 127. The normalized spacial score (nSPS) is 17.7. The lowest BCUT2D eigenvalue weighted by Crippen LogP contribution is -2.44. The van der Waals surface area contributed by atoms with Gasteiger partial charge in [0.05, 0.1) is 30.3 Å². The summed E-state index contributed by atoms with van der Waals surface area (Å²) < 4.78 is 7.00. The molecule has 0 saturated carbocycles. The van der Waals surface area contributed by atoms with Gasteiger partial charge in [-0.05, 0) is 60.0 Å². The van der Waals surface area contributed by atoms with Crippen molar-refractivity contribution in [2.45, 2.75) is 6.04 Å². The summed E-state index contributed by atoms with van der Waals surface area (Å²) in [6.07, 6.45) is 1.88. The summed E-state index contributed by atoms with van der Waals surface area (Å²) in [6, 6.07) is 11.9. The molecule has 0 saturated heterocycles. The first-order valence-electron chi connectivity index (χ1n) is 8.55. The Hall–Kier alpha value is -1.84. The smallest absolute Gasteiger partial charge is 0.142 e. The molecule has 27 heavy (non-hydrogen) atoms. The van der Waals surface area contributed by atoms with Crippen molar-refractivity contribution in [1.29, 1.82) is 0 Å². The molecule has 2 heterocycles. The maximum Gasteiger partial charge on any atom is 0.142 e. The predicted molar refractivity (Wildman–Crippen MR) is 118 cm³/mol. The Morgan fingerprint density at radius 3 is 3.07 bits per heavy atom. The van der Waals surface area contributed by atoms with E-state index >= 15 is 0 Å². The zero-order valence-corrected chi connectivity index (χ0v) is 17.7. The van der Waals surface area contributed by atoms with Crippen LogP contribution in [0, 0.1) is 3.57 Å². The van der Waals surface area contributed by atoms with Gasteiger partial charge in [0.2, 0.25) is 0 Å². The van der Waals surface area contributed by atoms with E-state index in [-0.39, 0.29) is 6.04 Å². The van der Waals surface area contributed by atoms with Crippen molar-refractivity contribution in [2.24, 2.45) is 9.98 Å².